The molecular formula is C9H11I2N. The molecule has 1 atom stereocenters. The van der Waals surface area contributed by atoms with Crippen LogP contribution in [-0.4, -0.2) is 7.05 Å². The van der Waals surface area contributed by atoms with E-state index in [9.17, 15) is 0 Å². The van der Waals surface area contributed by atoms with Gasteiger partial charge in [-0.3, -0.25) is 0 Å². The van der Waals surface area contributed by atoms with Crippen molar-refractivity contribution < 1.29 is 0 Å². The summed E-state index contributed by atoms with van der Waals surface area (Å²) in [5, 5.41) is 3.24. The minimum absolute atomic E-state index is 0.437. The molecule has 0 aromatic heterocycles. The second-order valence-electron chi connectivity index (χ2n) is 2.68. The Balaban J connectivity index is 3.04. The van der Waals surface area contributed by atoms with Gasteiger partial charge in [0.05, 0.1) is 0 Å². The summed E-state index contributed by atoms with van der Waals surface area (Å²) in [6.07, 6.45) is 0. The fourth-order valence-corrected chi connectivity index (χ4v) is 2.32. The van der Waals surface area contributed by atoms with E-state index in [2.05, 4.69) is 75.6 Å². The highest BCUT2D eigenvalue weighted by atomic mass is 127. The Labute approximate surface area is 101 Å². The number of nitrogens with one attached hydrogen (secondary N) is 1. The zero-order valence-electron chi connectivity index (χ0n) is 7.07. The van der Waals surface area contributed by atoms with Crippen LogP contribution in [0, 0.1) is 7.14 Å². The van der Waals surface area contributed by atoms with Gasteiger partial charge in [0, 0.05) is 13.2 Å². The average molecular weight is 387 g/mol. The normalized spacial score (nSPS) is 13.0. The quantitative estimate of drug-likeness (QED) is 0.770. The summed E-state index contributed by atoms with van der Waals surface area (Å²) in [7, 11) is 1.99. The van der Waals surface area contributed by atoms with Crippen LogP contribution in [0.1, 0.15) is 18.5 Å². The van der Waals surface area contributed by atoms with Crippen molar-refractivity contribution in [3.05, 3.63) is 30.9 Å². The fourth-order valence-electron chi connectivity index (χ4n) is 1.00. The SMILES string of the molecule is CNC(C)c1cc(I)ccc1I. The first-order valence-corrected chi connectivity index (χ1v) is 5.93. The van der Waals surface area contributed by atoms with Crippen LogP contribution in [0.4, 0.5) is 0 Å². The minimum atomic E-state index is 0.437. The lowest BCUT2D eigenvalue weighted by Crippen LogP contribution is -2.13. The Bertz CT molecular complexity index is 273. The number of benzene rings is 1. The maximum absolute atomic E-state index is 3.24. The lowest BCUT2D eigenvalue weighted by molar-refractivity contribution is 0.649. The highest BCUT2D eigenvalue weighted by Crippen LogP contribution is 2.21. The third kappa shape index (κ3) is 2.56. The molecule has 1 rings (SSSR count). The van der Waals surface area contributed by atoms with Crippen LogP contribution < -0.4 is 5.32 Å². The van der Waals surface area contributed by atoms with Crippen molar-refractivity contribution in [2.24, 2.45) is 0 Å². The van der Waals surface area contributed by atoms with Gasteiger partial charge in [0.15, 0.2) is 0 Å². The van der Waals surface area contributed by atoms with E-state index in [0.717, 1.165) is 0 Å². The Morgan fingerprint density at radius 1 is 1.33 bits per heavy atom. The molecule has 0 heterocycles. The molecule has 0 saturated carbocycles. The van der Waals surface area contributed by atoms with Crippen molar-refractivity contribution in [3.63, 3.8) is 0 Å². The monoisotopic (exact) mass is 387 g/mol. The predicted octanol–water partition coefficient (Wildman–Crippen LogP) is 3.18. The van der Waals surface area contributed by atoms with Crippen LogP contribution in [0.15, 0.2) is 18.2 Å². The first-order chi connectivity index (χ1) is 5.65. The Hall–Kier alpha value is 0.640. The van der Waals surface area contributed by atoms with Gasteiger partial charge in [0.1, 0.15) is 0 Å². The summed E-state index contributed by atoms with van der Waals surface area (Å²) in [5.74, 6) is 0. The van der Waals surface area contributed by atoms with Gasteiger partial charge in [-0.25, -0.2) is 0 Å². The van der Waals surface area contributed by atoms with Gasteiger partial charge >= 0.3 is 0 Å². The van der Waals surface area contributed by atoms with Crippen LogP contribution in [0.2, 0.25) is 0 Å². The Morgan fingerprint density at radius 2 is 2.00 bits per heavy atom. The highest BCUT2D eigenvalue weighted by molar-refractivity contribution is 14.1. The third-order valence-electron chi connectivity index (χ3n) is 1.86. The standard InChI is InChI=1S/C9H11I2N/c1-6(12-2)8-5-7(10)3-4-9(8)11/h3-6,12H,1-2H3. The Kier molecular flexibility index (Phi) is 4.25. The third-order valence-corrected chi connectivity index (χ3v) is 3.51. The molecule has 0 radical (unpaired) electrons. The Morgan fingerprint density at radius 3 is 2.58 bits per heavy atom. The van der Waals surface area contributed by atoms with Crippen molar-refractivity contribution in [1.82, 2.24) is 5.32 Å². The number of hydrogen-bond donors (Lipinski definition) is 1. The van der Waals surface area contributed by atoms with Gasteiger partial charge in [-0.05, 0) is 82.9 Å². The first-order valence-electron chi connectivity index (χ1n) is 3.77. The van der Waals surface area contributed by atoms with E-state index in [0.29, 0.717) is 6.04 Å². The van der Waals surface area contributed by atoms with Gasteiger partial charge in [0.2, 0.25) is 0 Å². The summed E-state index contributed by atoms with van der Waals surface area (Å²) in [4.78, 5) is 0. The summed E-state index contributed by atoms with van der Waals surface area (Å²) in [6.45, 7) is 2.17. The second kappa shape index (κ2) is 4.76. The summed E-state index contributed by atoms with van der Waals surface area (Å²) >= 11 is 4.71. The van der Waals surface area contributed by atoms with Crippen LogP contribution in [0.5, 0.6) is 0 Å². The second-order valence-corrected chi connectivity index (χ2v) is 5.08. The minimum Gasteiger partial charge on any atom is -0.313 e. The molecule has 0 saturated heterocycles. The lowest BCUT2D eigenvalue weighted by atomic mass is 10.1. The van der Waals surface area contributed by atoms with Crippen LogP contribution in [-0.2, 0) is 0 Å². The van der Waals surface area contributed by atoms with E-state index in [1.54, 1.807) is 0 Å². The zero-order chi connectivity index (χ0) is 9.14. The van der Waals surface area contributed by atoms with Crippen molar-refractivity contribution >= 4 is 45.2 Å². The molecule has 0 fully saturated rings. The molecule has 0 bridgehead atoms. The molecule has 0 aliphatic carbocycles. The van der Waals surface area contributed by atoms with E-state index in [4.69, 9.17) is 0 Å². The first kappa shape index (κ1) is 10.7. The molecule has 1 nitrogen and oxygen atoms in total. The fraction of sp³-hybridized carbons (Fsp3) is 0.333. The molecule has 0 amide bonds. The highest BCUT2D eigenvalue weighted by Gasteiger charge is 2.06. The number of halogens is 2. The lowest BCUT2D eigenvalue weighted by Gasteiger charge is -2.12. The molecule has 0 aliphatic rings. The average Bonchev–Trinajstić information content (AvgIpc) is 2.08. The summed E-state index contributed by atoms with van der Waals surface area (Å²) in [5.41, 5.74) is 1.38. The zero-order valence-corrected chi connectivity index (χ0v) is 11.4. The van der Waals surface area contributed by atoms with Gasteiger partial charge in [0.25, 0.3) is 0 Å². The van der Waals surface area contributed by atoms with Crippen molar-refractivity contribution in [1.29, 1.82) is 0 Å². The van der Waals surface area contributed by atoms with Crippen LogP contribution in [0.3, 0.4) is 0 Å². The largest absolute Gasteiger partial charge is 0.313 e. The van der Waals surface area contributed by atoms with Gasteiger partial charge in [-0.1, -0.05) is 0 Å². The molecule has 0 aliphatic heterocycles. The molecule has 1 unspecified atom stereocenters. The molecule has 1 aromatic rings. The van der Waals surface area contributed by atoms with Gasteiger partial charge in [-0.15, -0.1) is 0 Å². The smallest absolute Gasteiger partial charge is 0.0299 e. The van der Waals surface area contributed by atoms with Crippen LogP contribution in [0.25, 0.3) is 0 Å². The molecule has 66 valence electrons. The summed E-state index contributed by atoms with van der Waals surface area (Å²) in [6, 6.07) is 6.95. The van der Waals surface area contributed by atoms with Crippen LogP contribution >= 0.6 is 45.2 Å². The molecule has 12 heavy (non-hydrogen) atoms. The predicted molar refractivity (Wildman–Crippen MR) is 69.4 cm³/mol. The van der Waals surface area contributed by atoms with Gasteiger partial charge < -0.3 is 5.32 Å². The van der Waals surface area contributed by atoms with Crippen molar-refractivity contribution in [3.8, 4) is 0 Å². The maximum Gasteiger partial charge on any atom is 0.0299 e. The van der Waals surface area contributed by atoms with E-state index in [-0.39, 0.29) is 0 Å². The van der Waals surface area contributed by atoms with E-state index in [1.165, 1.54) is 12.7 Å². The molecular weight excluding hydrogens is 376 g/mol. The molecule has 1 N–H and O–H groups in total. The van der Waals surface area contributed by atoms with Crippen molar-refractivity contribution in [2.45, 2.75) is 13.0 Å². The number of hydrogen-bond acceptors (Lipinski definition) is 1. The van der Waals surface area contributed by atoms with E-state index in [1.807, 2.05) is 7.05 Å². The molecule has 0 spiro atoms. The number of rotatable bonds is 2. The van der Waals surface area contributed by atoms with Crippen molar-refractivity contribution in [2.75, 3.05) is 7.05 Å². The van der Waals surface area contributed by atoms with E-state index < -0.39 is 0 Å². The summed E-state index contributed by atoms with van der Waals surface area (Å²) < 4.78 is 2.62. The molecule has 3 heteroatoms. The maximum atomic E-state index is 3.24. The topological polar surface area (TPSA) is 12.0 Å². The van der Waals surface area contributed by atoms with Gasteiger partial charge in [-0.2, -0.15) is 0 Å². The molecule has 1 aromatic carbocycles. The van der Waals surface area contributed by atoms with E-state index >= 15 is 0 Å².